The van der Waals surface area contributed by atoms with Crippen molar-refractivity contribution in [2.75, 3.05) is 0 Å². The standard InChI is InChI=1S/C12H18N4O/c1-12(11(13)17,10-8-14-6-7-15-10)16-9-4-2-3-5-9/h6-9,16H,2-5H2,1H3,(H2,13,17). The van der Waals surface area contributed by atoms with E-state index in [0.717, 1.165) is 12.8 Å². The summed E-state index contributed by atoms with van der Waals surface area (Å²) < 4.78 is 0. The maximum Gasteiger partial charge on any atom is 0.243 e. The molecule has 0 radical (unpaired) electrons. The Bertz CT molecular complexity index is 389. The zero-order valence-electron chi connectivity index (χ0n) is 10.0. The van der Waals surface area contributed by atoms with Gasteiger partial charge in [0.1, 0.15) is 5.54 Å². The van der Waals surface area contributed by atoms with Crippen LogP contribution in [0.3, 0.4) is 0 Å². The molecule has 0 spiro atoms. The van der Waals surface area contributed by atoms with Gasteiger partial charge in [-0.25, -0.2) is 0 Å². The van der Waals surface area contributed by atoms with E-state index in [0.29, 0.717) is 11.7 Å². The Morgan fingerprint density at radius 2 is 2.18 bits per heavy atom. The number of aromatic nitrogens is 2. The van der Waals surface area contributed by atoms with E-state index in [9.17, 15) is 4.79 Å². The fourth-order valence-electron chi connectivity index (χ4n) is 2.31. The van der Waals surface area contributed by atoms with Gasteiger partial charge < -0.3 is 5.73 Å². The van der Waals surface area contributed by atoms with E-state index < -0.39 is 11.4 Å². The Morgan fingerprint density at radius 1 is 1.47 bits per heavy atom. The van der Waals surface area contributed by atoms with Gasteiger partial charge in [-0.2, -0.15) is 0 Å². The summed E-state index contributed by atoms with van der Waals surface area (Å²) in [6.07, 6.45) is 9.33. The average Bonchev–Trinajstić information content (AvgIpc) is 2.82. The molecule has 92 valence electrons. The van der Waals surface area contributed by atoms with Crippen LogP contribution in [0.2, 0.25) is 0 Å². The topological polar surface area (TPSA) is 80.9 Å². The highest BCUT2D eigenvalue weighted by Gasteiger charge is 2.37. The van der Waals surface area contributed by atoms with Crippen molar-refractivity contribution in [2.24, 2.45) is 5.73 Å². The molecule has 0 aromatic carbocycles. The molecule has 1 amide bonds. The lowest BCUT2D eigenvalue weighted by molar-refractivity contribution is -0.124. The molecule has 0 saturated heterocycles. The second kappa shape index (κ2) is 4.79. The molecular formula is C12H18N4O. The van der Waals surface area contributed by atoms with Gasteiger partial charge in [0, 0.05) is 18.4 Å². The molecule has 1 aromatic rings. The molecular weight excluding hydrogens is 216 g/mol. The van der Waals surface area contributed by atoms with E-state index in [4.69, 9.17) is 5.73 Å². The third-order valence-electron chi connectivity index (χ3n) is 3.42. The third kappa shape index (κ3) is 2.44. The van der Waals surface area contributed by atoms with E-state index in [-0.39, 0.29) is 0 Å². The number of hydrogen-bond donors (Lipinski definition) is 2. The van der Waals surface area contributed by atoms with Crippen LogP contribution >= 0.6 is 0 Å². The van der Waals surface area contributed by atoms with Gasteiger partial charge in [0.05, 0.1) is 11.9 Å². The SMILES string of the molecule is CC(NC1CCCC1)(C(N)=O)c1cnccn1. The lowest BCUT2D eigenvalue weighted by Gasteiger charge is -2.30. The predicted molar refractivity (Wildman–Crippen MR) is 64.0 cm³/mol. The zero-order valence-corrected chi connectivity index (χ0v) is 10.0. The van der Waals surface area contributed by atoms with Crippen LogP contribution in [0.5, 0.6) is 0 Å². The van der Waals surface area contributed by atoms with Crippen molar-refractivity contribution in [3.63, 3.8) is 0 Å². The molecule has 1 aliphatic rings. The first-order valence-electron chi connectivity index (χ1n) is 5.97. The normalized spacial score (nSPS) is 20.1. The average molecular weight is 234 g/mol. The van der Waals surface area contributed by atoms with Gasteiger partial charge in [-0.3, -0.25) is 20.1 Å². The molecule has 1 heterocycles. The molecule has 5 nitrogen and oxygen atoms in total. The van der Waals surface area contributed by atoms with Crippen LogP contribution in [-0.2, 0) is 10.3 Å². The van der Waals surface area contributed by atoms with E-state index >= 15 is 0 Å². The number of carbonyl (C=O) groups is 1. The molecule has 2 rings (SSSR count). The van der Waals surface area contributed by atoms with Gasteiger partial charge in [-0.1, -0.05) is 12.8 Å². The summed E-state index contributed by atoms with van der Waals surface area (Å²) in [5, 5.41) is 3.33. The molecule has 0 aliphatic heterocycles. The highest BCUT2D eigenvalue weighted by Crippen LogP contribution is 2.24. The number of primary amides is 1. The monoisotopic (exact) mass is 234 g/mol. The van der Waals surface area contributed by atoms with E-state index in [1.165, 1.54) is 12.8 Å². The van der Waals surface area contributed by atoms with Crippen LogP contribution in [0.1, 0.15) is 38.3 Å². The highest BCUT2D eigenvalue weighted by atomic mass is 16.1. The summed E-state index contributed by atoms with van der Waals surface area (Å²) in [5.74, 6) is -0.412. The zero-order chi connectivity index (χ0) is 12.3. The summed E-state index contributed by atoms with van der Waals surface area (Å²) in [5.41, 5.74) is 5.17. The first-order valence-corrected chi connectivity index (χ1v) is 5.97. The molecule has 5 heteroatoms. The number of amides is 1. The van der Waals surface area contributed by atoms with Crippen molar-refractivity contribution in [1.82, 2.24) is 15.3 Å². The Balaban J connectivity index is 2.23. The maximum atomic E-state index is 11.7. The van der Waals surface area contributed by atoms with Crippen LogP contribution in [0, 0.1) is 0 Å². The van der Waals surface area contributed by atoms with Crippen molar-refractivity contribution in [3.05, 3.63) is 24.3 Å². The third-order valence-corrected chi connectivity index (χ3v) is 3.42. The maximum absolute atomic E-state index is 11.7. The molecule has 3 N–H and O–H groups in total. The van der Waals surface area contributed by atoms with Gasteiger partial charge in [0.2, 0.25) is 5.91 Å². The minimum absolute atomic E-state index is 0.342. The van der Waals surface area contributed by atoms with Crippen LogP contribution in [0.25, 0.3) is 0 Å². The molecule has 17 heavy (non-hydrogen) atoms. The molecule has 1 aliphatic carbocycles. The van der Waals surface area contributed by atoms with Crippen molar-refractivity contribution in [3.8, 4) is 0 Å². The van der Waals surface area contributed by atoms with Crippen molar-refractivity contribution in [2.45, 2.75) is 44.2 Å². The van der Waals surface area contributed by atoms with Gasteiger partial charge in [-0.05, 0) is 19.8 Å². The van der Waals surface area contributed by atoms with Gasteiger partial charge in [0.15, 0.2) is 0 Å². The van der Waals surface area contributed by atoms with Crippen molar-refractivity contribution < 1.29 is 4.79 Å². The molecule has 1 fully saturated rings. The number of nitrogens with one attached hydrogen (secondary N) is 1. The summed E-state index contributed by atoms with van der Waals surface area (Å²) >= 11 is 0. The largest absolute Gasteiger partial charge is 0.368 e. The fourth-order valence-corrected chi connectivity index (χ4v) is 2.31. The minimum Gasteiger partial charge on any atom is -0.368 e. The Hall–Kier alpha value is -1.49. The lowest BCUT2D eigenvalue weighted by atomic mass is 9.95. The van der Waals surface area contributed by atoms with Crippen LogP contribution in [0.4, 0.5) is 0 Å². The number of rotatable bonds is 4. The van der Waals surface area contributed by atoms with Gasteiger partial charge in [-0.15, -0.1) is 0 Å². The summed E-state index contributed by atoms with van der Waals surface area (Å²) in [4.78, 5) is 19.9. The smallest absolute Gasteiger partial charge is 0.243 e. The molecule has 1 unspecified atom stereocenters. The first kappa shape index (κ1) is 12.0. The number of nitrogens with two attached hydrogens (primary N) is 1. The number of carbonyl (C=O) groups excluding carboxylic acids is 1. The fraction of sp³-hybridized carbons (Fsp3) is 0.583. The molecule has 0 bridgehead atoms. The predicted octanol–water partition coefficient (Wildman–Crippen LogP) is 0.709. The number of hydrogen-bond acceptors (Lipinski definition) is 4. The van der Waals surface area contributed by atoms with Crippen molar-refractivity contribution >= 4 is 5.91 Å². The second-order valence-electron chi connectivity index (χ2n) is 4.71. The first-order chi connectivity index (χ1) is 8.13. The lowest BCUT2D eigenvalue weighted by Crippen LogP contribution is -2.54. The van der Waals surface area contributed by atoms with Crippen molar-refractivity contribution in [1.29, 1.82) is 0 Å². The van der Waals surface area contributed by atoms with E-state index in [2.05, 4.69) is 15.3 Å². The Kier molecular flexibility index (Phi) is 3.38. The van der Waals surface area contributed by atoms with Crippen LogP contribution in [-0.4, -0.2) is 21.9 Å². The van der Waals surface area contributed by atoms with Gasteiger partial charge >= 0.3 is 0 Å². The quantitative estimate of drug-likeness (QED) is 0.804. The summed E-state index contributed by atoms with van der Waals surface area (Å²) in [7, 11) is 0. The summed E-state index contributed by atoms with van der Waals surface area (Å²) in [6.45, 7) is 1.78. The second-order valence-corrected chi connectivity index (χ2v) is 4.71. The highest BCUT2D eigenvalue weighted by molar-refractivity contribution is 5.85. The molecule has 1 saturated carbocycles. The minimum atomic E-state index is -0.927. The molecule has 1 atom stereocenters. The molecule has 1 aromatic heterocycles. The Labute approximate surface area is 101 Å². The van der Waals surface area contributed by atoms with Gasteiger partial charge in [0.25, 0.3) is 0 Å². The van der Waals surface area contributed by atoms with E-state index in [1.54, 1.807) is 25.5 Å². The Morgan fingerprint density at radius 3 is 2.71 bits per heavy atom. The number of nitrogens with zero attached hydrogens (tertiary/aromatic N) is 2. The van der Waals surface area contributed by atoms with Crippen LogP contribution < -0.4 is 11.1 Å². The van der Waals surface area contributed by atoms with Crippen LogP contribution in [0.15, 0.2) is 18.6 Å². The summed E-state index contributed by atoms with van der Waals surface area (Å²) in [6, 6.07) is 0.342. The van der Waals surface area contributed by atoms with E-state index in [1.807, 2.05) is 0 Å².